The number of benzene rings is 2. The van der Waals surface area contributed by atoms with Gasteiger partial charge in [0.05, 0.1) is 14.2 Å². The summed E-state index contributed by atoms with van der Waals surface area (Å²) >= 11 is 0. The predicted molar refractivity (Wildman–Crippen MR) is 124 cm³/mol. The highest BCUT2D eigenvalue weighted by molar-refractivity contribution is 5.94. The summed E-state index contributed by atoms with van der Waals surface area (Å²) in [5.41, 5.74) is 2.71. The Bertz CT molecular complexity index is 1060. The van der Waals surface area contributed by atoms with Crippen molar-refractivity contribution in [3.8, 4) is 11.5 Å². The van der Waals surface area contributed by atoms with Crippen molar-refractivity contribution >= 4 is 11.7 Å². The summed E-state index contributed by atoms with van der Waals surface area (Å²) in [6.07, 6.45) is 1.69. The number of nitrogens with zero attached hydrogens (tertiary/aromatic N) is 2. The molecule has 2 heterocycles. The molecule has 4 rings (SSSR count). The zero-order chi connectivity index (χ0) is 22.3. The van der Waals surface area contributed by atoms with Gasteiger partial charge in [0.1, 0.15) is 17.3 Å². The molecule has 1 amide bonds. The smallest absolute Gasteiger partial charge is 0.251 e. The molecule has 0 bridgehead atoms. The molecule has 1 aromatic heterocycles. The normalized spacial score (nSPS) is 15.8. The summed E-state index contributed by atoms with van der Waals surface area (Å²) in [7, 11) is 3.21. The molecule has 1 fully saturated rings. The Labute approximate surface area is 188 Å². The maximum absolute atomic E-state index is 12.8. The highest BCUT2D eigenvalue weighted by atomic mass is 16.5. The lowest BCUT2D eigenvalue weighted by molar-refractivity contribution is 0.0950. The summed E-state index contributed by atoms with van der Waals surface area (Å²) in [5.74, 6) is 2.04. The van der Waals surface area contributed by atoms with E-state index in [9.17, 15) is 4.79 Å². The van der Waals surface area contributed by atoms with Crippen LogP contribution in [0, 0.1) is 0 Å². The van der Waals surface area contributed by atoms with E-state index in [-0.39, 0.29) is 11.9 Å². The molecule has 7 nitrogen and oxygen atoms in total. The zero-order valence-electron chi connectivity index (χ0n) is 18.4. The minimum atomic E-state index is -0.152. The van der Waals surface area contributed by atoms with Crippen molar-refractivity contribution in [1.29, 1.82) is 0 Å². The second-order valence-corrected chi connectivity index (χ2v) is 7.63. The fourth-order valence-corrected chi connectivity index (χ4v) is 3.87. The van der Waals surface area contributed by atoms with Gasteiger partial charge in [0.25, 0.3) is 5.91 Å². The number of pyridine rings is 1. The molecule has 1 saturated heterocycles. The molecule has 0 aliphatic carbocycles. The number of methoxy groups -OCH3 is 2. The number of carbonyl (C=O) groups is 1. The maximum atomic E-state index is 12.8. The van der Waals surface area contributed by atoms with Crippen LogP contribution in [0.4, 0.5) is 5.82 Å². The fraction of sp³-hybridized carbons (Fsp3) is 0.280. The molecule has 2 aromatic carbocycles. The van der Waals surface area contributed by atoms with Crippen LogP contribution in [0.1, 0.15) is 27.5 Å². The van der Waals surface area contributed by atoms with Gasteiger partial charge in [0.15, 0.2) is 0 Å². The molecule has 1 aliphatic rings. The highest BCUT2D eigenvalue weighted by Gasteiger charge is 2.22. The van der Waals surface area contributed by atoms with Crippen molar-refractivity contribution in [2.75, 3.05) is 38.8 Å². The summed E-state index contributed by atoms with van der Waals surface area (Å²) in [4.78, 5) is 19.6. The maximum Gasteiger partial charge on any atom is 0.251 e. The summed E-state index contributed by atoms with van der Waals surface area (Å²) in [5, 5.41) is 6.53. The van der Waals surface area contributed by atoms with E-state index in [0.29, 0.717) is 23.6 Å². The van der Waals surface area contributed by atoms with Crippen LogP contribution in [-0.2, 0) is 6.54 Å². The van der Waals surface area contributed by atoms with E-state index in [0.717, 1.165) is 31.0 Å². The van der Waals surface area contributed by atoms with Crippen LogP contribution in [0.5, 0.6) is 11.5 Å². The first kappa shape index (κ1) is 21.6. The Morgan fingerprint density at radius 3 is 2.75 bits per heavy atom. The quantitative estimate of drug-likeness (QED) is 0.597. The molecule has 32 heavy (non-hydrogen) atoms. The molecule has 0 radical (unpaired) electrons. The van der Waals surface area contributed by atoms with Gasteiger partial charge in [-0.05, 0) is 29.8 Å². The van der Waals surface area contributed by atoms with Gasteiger partial charge in [0.2, 0.25) is 0 Å². The number of aromatic nitrogens is 1. The van der Waals surface area contributed by atoms with Crippen LogP contribution in [0.15, 0.2) is 66.9 Å². The van der Waals surface area contributed by atoms with Crippen LogP contribution < -0.4 is 25.0 Å². The van der Waals surface area contributed by atoms with Crippen LogP contribution in [0.2, 0.25) is 0 Å². The van der Waals surface area contributed by atoms with Gasteiger partial charge in [-0.15, -0.1) is 0 Å². The first-order chi connectivity index (χ1) is 15.7. The van der Waals surface area contributed by atoms with Gasteiger partial charge in [0, 0.05) is 55.6 Å². The zero-order valence-corrected chi connectivity index (χ0v) is 18.4. The SMILES string of the molecule is COc1ccc(CNC(=O)c2ccnc(N3CCN[C@@H](c4ccccc4)C3)c2)c(OC)c1. The standard InChI is InChI=1S/C25H28N4O3/c1-31-21-9-8-20(23(15-21)32-2)16-28-25(30)19-10-11-27-24(14-19)29-13-12-26-22(17-29)18-6-4-3-5-7-18/h3-11,14-15,22,26H,12-13,16-17H2,1-2H3,(H,28,30)/t22-/m1/s1. The highest BCUT2D eigenvalue weighted by Crippen LogP contribution is 2.25. The first-order valence-electron chi connectivity index (χ1n) is 10.7. The van der Waals surface area contributed by atoms with Crippen molar-refractivity contribution in [1.82, 2.24) is 15.6 Å². The minimum absolute atomic E-state index is 0.152. The Hall–Kier alpha value is -3.58. The van der Waals surface area contributed by atoms with Gasteiger partial charge in [-0.3, -0.25) is 4.79 Å². The molecule has 166 valence electrons. The van der Waals surface area contributed by atoms with Crippen molar-refractivity contribution < 1.29 is 14.3 Å². The Morgan fingerprint density at radius 1 is 1.12 bits per heavy atom. The average Bonchev–Trinajstić information content (AvgIpc) is 2.87. The minimum Gasteiger partial charge on any atom is -0.497 e. The number of hydrogen-bond acceptors (Lipinski definition) is 6. The summed E-state index contributed by atoms with van der Waals surface area (Å²) < 4.78 is 10.6. The summed E-state index contributed by atoms with van der Waals surface area (Å²) in [6, 6.07) is 19.8. The van der Waals surface area contributed by atoms with Gasteiger partial charge in [-0.25, -0.2) is 4.98 Å². The predicted octanol–water partition coefficient (Wildman–Crippen LogP) is 3.18. The molecule has 0 spiro atoms. The third-order valence-electron chi connectivity index (χ3n) is 5.64. The Morgan fingerprint density at radius 2 is 1.97 bits per heavy atom. The molecule has 0 unspecified atom stereocenters. The largest absolute Gasteiger partial charge is 0.497 e. The number of ether oxygens (including phenoxy) is 2. The molecule has 1 aliphatic heterocycles. The number of rotatable bonds is 7. The number of amides is 1. The van der Waals surface area contributed by atoms with E-state index in [1.165, 1.54) is 5.56 Å². The third-order valence-corrected chi connectivity index (χ3v) is 5.64. The van der Waals surface area contributed by atoms with Gasteiger partial charge >= 0.3 is 0 Å². The van der Waals surface area contributed by atoms with Crippen LogP contribution in [0.3, 0.4) is 0 Å². The number of nitrogens with one attached hydrogen (secondary N) is 2. The molecular formula is C25H28N4O3. The molecule has 0 saturated carbocycles. The molecule has 1 atom stereocenters. The summed E-state index contributed by atoms with van der Waals surface area (Å²) in [6.45, 7) is 2.85. The Kier molecular flexibility index (Phi) is 6.87. The Balaban J connectivity index is 1.43. The topological polar surface area (TPSA) is 75.7 Å². The van der Waals surface area contributed by atoms with Crippen LogP contribution >= 0.6 is 0 Å². The molecule has 2 N–H and O–H groups in total. The second kappa shape index (κ2) is 10.2. The fourth-order valence-electron chi connectivity index (χ4n) is 3.87. The molecule has 7 heteroatoms. The average molecular weight is 433 g/mol. The number of anilines is 1. The van der Waals surface area contributed by atoms with E-state index in [2.05, 4.69) is 44.8 Å². The van der Waals surface area contributed by atoms with Gasteiger partial charge in [-0.1, -0.05) is 30.3 Å². The van der Waals surface area contributed by atoms with E-state index in [1.807, 2.05) is 24.3 Å². The number of piperazine rings is 1. The van der Waals surface area contributed by atoms with Gasteiger partial charge in [-0.2, -0.15) is 0 Å². The van der Waals surface area contributed by atoms with Crippen molar-refractivity contribution in [3.63, 3.8) is 0 Å². The first-order valence-corrected chi connectivity index (χ1v) is 10.7. The third kappa shape index (κ3) is 5.00. The van der Waals surface area contributed by atoms with E-state index >= 15 is 0 Å². The van der Waals surface area contributed by atoms with Crippen molar-refractivity contribution in [3.05, 3.63) is 83.6 Å². The second-order valence-electron chi connectivity index (χ2n) is 7.63. The lowest BCUT2D eigenvalue weighted by Crippen LogP contribution is -2.46. The van der Waals surface area contributed by atoms with Crippen LogP contribution in [-0.4, -0.2) is 44.7 Å². The lowest BCUT2D eigenvalue weighted by atomic mass is 10.0. The monoisotopic (exact) mass is 432 g/mol. The van der Waals surface area contributed by atoms with E-state index in [1.54, 1.807) is 32.5 Å². The molecule has 3 aromatic rings. The molecular weight excluding hydrogens is 404 g/mol. The van der Waals surface area contributed by atoms with Crippen molar-refractivity contribution in [2.45, 2.75) is 12.6 Å². The van der Waals surface area contributed by atoms with Crippen molar-refractivity contribution in [2.24, 2.45) is 0 Å². The van der Waals surface area contributed by atoms with Crippen LogP contribution in [0.25, 0.3) is 0 Å². The lowest BCUT2D eigenvalue weighted by Gasteiger charge is -2.34. The number of carbonyl (C=O) groups excluding carboxylic acids is 1. The van der Waals surface area contributed by atoms with E-state index in [4.69, 9.17) is 9.47 Å². The van der Waals surface area contributed by atoms with Gasteiger partial charge < -0.3 is 25.0 Å². The van der Waals surface area contributed by atoms with E-state index < -0.39 is 0 Å². The number of hydrogen-bond donors (Lipinski definition) is 2.